The average Bonchev–Trinajstić information content (AvgIpc) is 2.62. The molecule has 104 valence electrons. The molecule has 2 aromatic carbocycles. The number of fused-ring (bicyclic) bond motifs is 1. The zero-order chi connectivity index (χ0) is 14.8. The monoisotopic (exact) mass is 283 g/mol. The fourth-order valence-corrected chi connectivity index (χ4v) is 2.61. The molecule has 2 heterocycles. The van der Waals surface area contributed by atoms with Crippen molar-refractivity contribution in [2.24, 2.45) is 0 Å². The first-order valence-electron chi connectivity index (χ1n) is 7.12. The predicted molar refractivity (Wildman–Crippen MR) is 88.2 cm³/mol. The van der Waals surface area contributed by atoms with E-state index in [0.29, 0.717) is 0 Å². The summed E-state index contributed by atoms with van der Waals surface area (Å²) in [5.41, 5.74) is 5.28. The average molecular weight is 283 g/mol. The van der Waals surface area contributed by atoms with Crippen LogP contribution in [0.2, 0.25) is 0 Å². The Hall–Kier alpha value is -3.07. The van der Waals surface area contributed by atoms with Gasteiger partial charge >= 0.3 is 0 Å². The molecule has 22 heavy (non-hydrogen) atoms. The Kier molecular flexibility index (Phi) is 3.09. The number of benzene rings is 2. The molecule has 3 heteroatoms. The van der Waals surface area contributed by atoms with Crippen LogP contribution in [0.25, 0.3) is 33.3 Å². The lowest BCUT2D eigenvalue weighted by Crippen LogP contribution is -1.89. The number of rotatable bonds is 2. The quantitative estimate of drug-likeness (QED) is 0.548. The number of hydrogen-bond donors (Lipinski definition) is 0. The zero-order valence-corrected chi connectivity index (χ0v) is 11.8. The Morgan fingerprint density at radius 3 is 2.27 bits per heavy atom. The Morgan fingerprint density at radius 2 is 1.45 bits per heavy atom. The second kappa shape index (κ2) is 5.37. The SMILES string of the molecule is c1ccc(-c2ncnc3cc(-c4ccncc4)ccc23)cc1. The van der Waals surface area contributed by atoms with Crippen LogP contribution >= 0.6 is 0 Å². The van der Waals surface area contributed by atoms with E-state index in [4.69, 9.17) is 0 Å². The van der Waals surface area contributed by atoms with Gasteiger partial charge < -0.3 is 0 Å². The maximum Gasteiger partial charge on any atom is 0.116 e. The molecule has 0 atom stereocenters. The first kappa shape index (κ1) is 12.7. The summed E-state index contributed by atoms with van der Waals surface area (Å²) in [5.74, 6) is 0. The fourth-order valence-electron chi connectivity index (χ4n) is 2.61. The van der Waals surface area contributed by atoms with Crippen molar-refractivity contribution in [2.45, 2.75) is 0 Å². The van der Waals surface area contributed by atoms with Gasteiger partial charge in [-0.05, 0) is 35.4 Å². The van der Waals surface area contributed by atoms with E-state index in [-0.39, 0.29) is 0 Å². The van der Waals surface area contributed by atoms with Gasteiger partial charge in [-0.25, -0.2) is 9.97 Å². The van der Waals surface area contributed by atoms with E-state index >= 15 is 0 Å². The smallest absolute Gasteiger partial charge is 0.116 e. The van der Waals surface area contributed by atoms with Crippen molar-refractivity contribution in [2.75, 3.05) is 0 Å². The topological polar surface area (TPSA) is 38.7 Å². The van der Waals surface area contributed by atoms with Crippen LogP contribution < -0.4 is 0 Å². The normalized spacial score (nSPS) is 10.7. The molecular formula is C19H13N3. The highest BCUT2D eigenvalue weighted by molar-refractivity contribution is 5.94. The van der Waals surface area contributed by atoms with Crippen molar-refractivity contribution >= 4 is 10.9 Å². The molecule has 0 saturated heterocycles. The summed E-state index contributed by atoms with van der Waals surface area (Å²) in [4.78, 5) is 12.9. The van der Waals surface area contributed by atoms with Gasteiger partial charge in [0.25, 0.3) is 0 Å². The molecule has 0 aliphatic rings. The Morgan fingerprint density at radius 1 is 0.636 bits per heavy atom. The number of pyridine rings is 1. The first-order chi connectivity index (χ1) is 10.9. The molecule has 0 saturated carbocycles. The van der Waals surface area contributed by atoms with Gasteiger partial charge in [0.05, 0.1) is 11.2 Å². The van der Waals surface area contributed by atoms with Crippen molar-refractivity contribution in [3.8, 4) is 22.4 Å². The van der Waals surface area contributed by atoms with Crippen molar-refractivity contribution < 1.29 is 0 Å². The first-order valence-corrected chi connectivity index (χ1v) is 7.12. The van der Waals surface area contributed by atoms with Gasteiger partial charge in [0.1, 0.15) is 6.33 Å². The largest absolute Gasteiger partial charge is 0.265 e. The summed E-state index contributed by atoms with van der Waals surface area (Å²) >= 11 is 0. The number of nitrogens with zero attached hydrogens (tertiary/aromatic N) is 3. The van der Waals surface area contributed by atoms with Gasteiger partial charge in [-0.2, -0.15) is 0 Å². The van der Waals surface area contributed by atoms with Crippen LogP contribution in [-0.2, 0) is 0 Å². The second-order valence-corrected chi connectivity index (χ2v) is 5.06. The summed E-state index contributed by atoms with van der Waals surface area (Å²) in [6.07, 6.45) is 5.23. The summed E-state index contributed by atoms with van der Waals surface area (Å²) in [7, 11) is 0. The third-order valence-electron chi connectivity index (χ3n) is 3.70. The van der Waals surface area contributed by atoms with Crippen molar-refractivity contribution in [3.05, 3.63) is 79.4 Å². The van der Waals surface area contributed by atoms with Gasteiger partial charge in [-0.1, -0.05) is 36.4 Å². The molecule has 3 nitrogen and oxygen atoms in total. The molecule has 4 aromatic rings. The molecule has 2 aromatic heterocycles. The summed E-state index contributed by atoms with van der Waals surface area (Å²) in [5, 5.41) is 1.06. The standard InChI is InChI=1S/C19H13N3/c1-2-4-15(5-3-1)19-17-7-6-16(12-18(17)21-13-22-19)14-8-10-20-11-9-14/h1-13H. The molecule has 0 fully saturated rings. The molecule has 0 amide bonds. The Balaban J connectivity index is 1.90. The maximum absolute atomic E-state index is 4.46. The van der Waals surface area contributed by atoms with E-state index in [1.165, 1.54) is 0 Å². The highest BCUT2D eigenvalue weighted by atomic mass is 14.8. The van der Waals surface area contributed by atoms with Gasteiger partial charge in [-0.3, -0.25) is 4.98 Å². The van der Waals surface area contributed by atoms with E-state index in [9.17, 15) is 0 Å². The van der Waals surface area contributed by atoms with Crippen LogP contribution in [0.15, 0.2) is 79.4 Å². The molecule has 4 rings (SSSR count). The third kappa shape index (κ3) is 2.23. The van der Waals surface area contributed by atoms with E-state index in [2.05, 4.69) is 45.3 Å². The summed E-state index contributed by atoms with van der Waals surface area (Å²) < 4.78 is 0. The lowest BCUT2D eigenvalue weighted by molar-refractivity contribution is 1.22. The predicted octanol–water partition coefficient (Wildman–Crippen LogP) is 4.36. The highest BCUT2D eigenvalue weighted by Crippen LogP contribution is 2.28. The minimum absolute atomic E-state index is 0.947. The van der Waals surface area contributed by atoms with E-state index in [1.54, 1.807) is 18.7 Å². The lowest BCUT2D eigenvalue weighted by atomic mass is 10.0. The van der Waals surface area contributed by atoms with Crippen LogP contribution in [0.1, 0.15) is 0 Å². The molecule has 0 radical (unpaired) electrons. The number of hydrogen-bond acceptors (Lipinski definition) is 3. The number of aromatic nitrogens is 3. The molecular weight excluding hydrogens is 270 g/mol. The molecule has 0 spiro atoms. The summed E-state index contributed by atoms with van der Waals surface area (Å²) in [6, 6.07) is 20.5. The minimum atomic E-state index is 0.947. The summed E-state index contributed by atoms with van der Waals surface area (Å²) in [6.45, 7) is 0. The molecule has 0 aliphatic carbocycles. The lowest BCUT2D eigenvalue weighted by Gasteiger charge is -2.07. The van der Waals surface area contributed by atoms with E-state index in [1.807, 2.05) is 30.3 Å². The Labute approximate surface area is 128 Å². The van der Waals surface area contributed by atoms with Crippen LogP contribution in [0.4, 0.5) is 0 Å². The third-order valence-corrected chi connectivity index (χ3v) is 3.70. The molecule has 0 aliphatic heterocycles. The maximum atomic E-state index is 4.46. The van der Waals surface area contributed by atoms with Crippen LogP contribution in [-0.4, -0.2) is 15.0 Å². The molecule has 0 unspecified atom stereocenters. The van der Waals surface area contributed by atoms with Crippen molar-refractivity contribution in [1.82, 2.24) is 15.0 Å². The van der Waals surface area contributed by atoms with E-state index < -0.39 is 0 Å². The van der Waals surface area contributed by atoms with E-state index in [0.717, 1.165) is 33.3 Å². The van der Waals surface area contributed by atoms with Crippen LogP contribution in [0.5, 0.6) is 0 Å². The van der Waals surface area contributed by atoms with Crippen LogP contribution in [0.3, 0.4) is 0 Å². The van der Waals surface area contributed by atoms with Gasteiger partial charge in [0.15, 0.2) is 0 Å². The minimum Gasteiger partial charge on any atom is -0.265 e. The van der Waals surface area contributed by atoms with Crippen molar-refractivity contribution in [3.63, 3.8) is 0 Å². The van der Waals surface area contributed by atoms with Crippen LogP contribution in [0, 0.1) is 0 Å². The highest BCUT2D eigenvalue weighted by Gasteiger charge is 2.07. The van der Waals surface area contributed by atoms with Crippen molar-refractivity contribution in [1.29, 1.82) is 0 Å². The molecule has 0 N–H and O–H groups in total. The Bertz CT molecular complexity index is 919. The van der Waals surface area contributed by atoms with Gasteiger partial charge in [0.2, 0.25) is 0 Å². The second-order valence-electron chi connectivity index (χ2n) is 5.06. The fraction of sp³-hybridized carbons (Fsp3) is 0. The van der Waals surface area contributed by atoms with Gasteiger partial charge in [-0.15, -0.1) is 0 Å². The molecule has 0 bridgehead atoms. The van der Waals surface area contributed by atoms with Gasteiger partial charge in [0, 0.05) is 23.3 Å². The zero-order valence-electron chi connectivity index (χ0n) is 11.8.